The highest BCUT2D eigenvalue weighted by Crippen LogP contribution is 2.13. The lowest BCUT2D eigenvalue weighted by Gasteiger charge is -2.21. The summed E-state index contributed by atoms with van der Waals surface area (Å²) in [4.78, 5) is 22.3. The molecule has 1 aromatic carbocycles. The third kappa shape index (κ3) is 3.26. The normalized spacial score (nSPS) is 11.1. The predicted octanol–water partition coefficient (Wildman–Crippen LogP) is 1.49. The fourth-order valence-electron chi connectivity index (χ4n) is 1.31. The highest BCUT2D eigenvalue weighted by molar-refractivity contribution is 5.87. The van der Waals surface area contributed by atoms with Crippen LogP contribution in [0.25, 0.3) is 0 Å². The number of carbonyl (C=O) groups is 2. The second kappa shape index (κ2) is 5.12. The van der Waals surface area contributed by atoms with E-state index in [0.717, 1.165) is 12.1 Å². The van der Waals surface area contributed by atoms with Gasteiger partial charge >= 0.3 is 5.97 Å². The number of rotatable bonds is 4. The number of halogens is 2. The van der Waals surface area contributed by atoms with Gasteiger partial charge in [-0.2, -0.15) is 0 Å². The Morgan fingerprint density at radius 1 is 1.28 bits per heavy atom. The van der Waals surface area contributed by atoms with E-state index in [1.165, 1.54) is 19.9 Å². The number of carboxylic acids is 1. The van der Waals surface area contributed by atoms with Crippen molar-refractivity contribution >= 4 is 11.9 Å². The molecule has 0 aliphatic rings. The van der Waals surface area contributed by atoms with Crippen LogP contribution in [0, 0.1) is 11.6 Å². The smallest absolute Gasteiger partial charge is 0.328 e. The van der Waals surface area contributed by atoms with Gasteiger partial charge < -0.3 is 10.4 Å². The molecule has 0 fully saturated rings. The monoisotopic (exact) mass is 257 g/mol. The fourth-order valence-corrected chi connectivity index (χ4v) is 1.31. The van der Waals surface area contributed by atoms with Crippen molar-refractivity contribution in [2.45, 2.75) is 25.8 Å². The van der Waals surface area contributed by atoms with Crippen molar-refractivity contribution in [2.24, 2.45) is 0 Å². The molecule has 18 heavy (non-hydrogen) atoms. The molecule has 1 rings (SSSR count). The first kappa shape index (κ1) is 14.1. The van der Waals surface area contributed by atoms with Crippen LogP contribution in [0.5, 0.6) is 0 Å². The molecule has 98 valence electrons. The molecule has 6 heteroatoms. The van der Waals surface area contributed by atoms with Gasteiger partial charge in [0.05, 0.1) is 6.42 Å². The molecular weight excluding hydrogens is 244 g/mol. The van der Waals surface area contributed by atoms with Crippen molar-refractivity contribution in [2.75, 3.05) is 0 Å². The summed E-state index contributed by atoms with van der Waals surface area (Å²) in [5.74, 6) is -3.66. The lowest BCUT2D eigenvalue weighted by Crippen LogP contribution is -2.50. The van der Waals surface area contributed by atoms with E-state index in [0.29, 0.717) is 0 Å². The van der Waals surface area contributed by atoms with Crippen LogP contribution in [0.2, 0.25) is 0 Å². The average molecular weight is 257 g/mol. The van der Waals surface area contributed by atoms with Crippen molar-refractivity contribution in [3.63, 3.8) is 0 Å². The van der Waals surface area contributed by atoms with Gasteiger partial charge in [-0.1, -0.05) is 6.07 Å². The Labute approximate surface area is 103 Å². The Bertz CT molecular complexity index is 466. The molecule has 0 aromatic heterocycles. The van der Waals surface area contributed by atoms with Crippen LogP contribution in [0.4, 0.5) is 8.78 Å². The molecule has 0 spiro atoms. The van der Waals surface area contributed by atoms with Gasteiger partial charge in [0.15, 0.2) is 0 Å². The number of hydrogen-bond donors (Lipinski definition) is 2. The van der Waals surface area contributed by atoms with Crippen LogP contribution in [0.1, 0.15) is 19.4 Å². The van der Waals surface area contributed by atoms with Gasteiger partial charge in [-0.05, 0) is 26.0 Å². The summed E-state index contributed by atoms with van der Waals surface area (Å²) in [5.41, 5.74) is -1.87. The minimum Gasteiger partial charge on any atom is -0.480 e. The lowest BCUT2D eigenvalue weighted by molar-refractivity contribution is -0.145. The first-order valence-corrected chi connectivity index (χ1v) is 5.21. The minimum atomic E-state index is -1.49. The van der Waals surface area contributed by atoms with Crippen LogP contribution >= 0.6 is 0 Å². The third-order valence-electron chi connectivity index (χ3n) is 2.39. The third-order valence-corrected chi connectivity index (χ3v) is 2.39. The van der Waals surface area contributed by atoms with Crippen molar-refractivity contribution in [3.8, 4) is 0 Å². The maximum Gasteiger partial charge on any atom is 0.328 e. The van der Waals surface area contributed by atoms with Gasteiger partial charge in [0.25, 0.3) is 0 Å². The van der Waals surface area contributed by atoms with E-state index in [1.54, 1.807) is 0 Å². The van der Waals surface area contributed by atoms with E-state index >= 15 is 0 Å². The second-order valence-electron chi connectivity index (χ2n) is 4.36. The van der Waals surface area contributed by atoms with Gasteiger partial charge in [0.2, 0.25) is 5.91 Å². The number of nitrogens with one attached hydrogen (secondary N) is 1. The minimum absolute atomic E-state index is 0.379. The van der Waals surface area contributed by atoms with Crippen LogP contribution in [0.15, 0.2) is 18.2 Å². The van der Waals surface area contributed by atoms with Gasteiger partial charge in [-0.3, -0.25) is 4.79 Å². The van der Waals surface area contributed by atoms with E-state index < -0.39 is 35.5 Å². The van der Waals surface area contributed by atoms with E-state index in [-0.39, 0.29) is 5.56 Å². The maximum atomic E-state index is 13.3. The summed E-state index contributed by atoms with van der Waals surface area (Å²) in [6.45, 7) is 2.57. The molecule has 0 bridgehead atoms. The molecule has 1 amide bonds. The summed E-state index contributed by atoms with van der Waals surface area (Å²) < 4.78 is 26.5. The second-order valence-corrected chi connectivity index (χ2v) is 4.36. The van der Waals surface area contributed by atoms with Gasteiger partial charge in [-0.15, -0.1) is 0 Å². The highest BCUT2D eigenvalue weighted by Gasteiger charge is 2.29. The zero-order valence-corrected chi connectivity index (χ0v) is 9.96. The van der Waals surface area contributed by atoms with Gasteiger partial charge in [-0.25, -0.2) is 13.6 Å². The number of hydrogen-bond acceptors (Lipinski definition) is 2. The number of aliphatic carboxylic acids is 1. The quantitative estimate of drug-likeness (QED) is 0.858. The standard InChI is InChI=1S/C12H13F2NO3/c1-12(2,11(17)18)15-10(16)6-7-8(13)4-3-5-9(7)14/h3-5H,6H2,1-2H3,(H,15,16)(H,17,18). The van der Waals surface area contributed by atoms with E-state index in [2.05, 4.69) is 5.32 Å². The van der Waals surface area contributed by atoms with Crippen LogP contribution < -0.4 is 5.32 Å². The van der Waals surface area contributed by atoms with Crippen LogP contribution in [-0.2, 0) is 16.0 Å². The van der Waals surface area contributed by atoms with E-state index in [1.807, 2.05) is 0 Å². The van der Waals surface area contributed by atoms with Crippen molar-refractivity contribution in [1.82, 2.24) is 5.32 Å². The Morgan fingerprint density at radius 3 is 2.22 bits per heavy atom. The summed E-state index contributed by atoms with van der Waals surface area (Å²) in [5, 5.41) is 11.0. The molecule has 4 nitrogen and oxygen atoms in total. The number of carbonyl (C=O) groups excluding carboxylic acids is 1. The SMILES string of the molecule is CC(C)(NC(=O)Cc1c(F)cccc1F)C(=O)O. The first-order chi connectivity index (χ1) is 8.24. The molecule has 0 radical (unpaired) electrons. The Hall–Kier alpha value is -1.98. The summed E-state index contributed by atoms with van der Waals surface area (Å²) in [6, 6.07) is 3.26. The molecular formula is C12H13F2NO3. The van der Waals surface area contributed by atoms with E-state index in [9.17, 15) is 18.4 Å². The molecule has 0 atom stereocenters. The van der Waals surface area contributed by atoms with Gasteiger partial charge in [0.1, 0.15) is 17.2 Å². The highest BCUT2D eigenvalue weighted by atomic mass is 19.1. The summed E-state index contributed by atoms with van der Waals surface area (Å²) >= 11 is 0. The summed E-state index contributed by atoms with van der Waals surface area (Å²) in [7, 11) is 0. The van der Waals surface area contributed by atoms with Crippen LogP contribution in [0.3, 0.4) is 0 Å². The number of amides is 1. The topological polar surface area (TPSA) is 66.4 Å². The fraction of sp³-hybridized carbons (Fsp3) is 0.333. The maximum absolute atomic E-state index is 13.3. The predicted molar refractivity (Wildman–Crippen MR) is 59.9 cm³/mol. The van der Waals surface area contributed by atoms with Crippen molar-refractivity contribution in [1.29, 1.82) is 0 Å². The zero-order valence-electron chi connectivity index (χ0n) is 9.96. The summed E-state index contributed by atoms with van der Waals surface area (Å²) in [6.07, 6.45) is -0.546. The number of benzene rings is 1. The number of carboxylic acid groups (broad SMARTS) is 1. The molecule has 0 aliphatic carbocycles. The van der Waals surface area contributed by atoms with Gasteiger partial charge in [0, 0.05) is 5.56 Å². The Balaban J connectivity index is 2.80. The molecule has 0 saturated heterocycles. The largest absolute Gasteiger partial charge is 0.480 e. The van der Waals surface area contributed by atoms with E-state index in [4.69, 9.17) is 5.11 Å². The van der Waals surface area contributed by atoms with Crippen molar-refractivity contribution < 1.29 is 23.5 Å². The molecule has 0 aliphatic heterocycles. The average Bonchev–Trinajstić information content (AvgIpc) is 2.22. The Morgan fingerprint density at radius 2 is 1.78 bits per heavy atom. The van der Waals surface area contributed by atoms with Crippen LogP contribution in [-0.4, -0.2) is 22.5 Å². The Kier molecular flexibility index (Phi) is 4.00. The lowest BCUT2D eigenvalue weighted by atomic mass is 10.0. The molecule has 2 N–H and O–H groups in total. The molecule has 0 heterocycles. The van der Waals surface area contributed by atoms with Crippen molar-refractivity contribution in [3.05, 3.63) is 35.4 Å². The first-order valence-electron chi connectivity index (χ1n) is 5.21. The zero-order chi connectivity index (χ0) is 13.9. The molecule has 0 unspecified atom stereocenters. The molecule has 1 aromatic rings. The molecule has 0 saturated carbocycles.